The van der Waals surface area contributed by atoms with Gasteiger partial charge in [-0.1, -0.05) is 34.1 Å². The molecule has 25 heavy (non-hydrogen) atoms. The lowest BCUT2D eigenvalue weighted by Crippen LogP contribution is -2.37. The molecular weight excluding hydrogens is 382 g/mol. The zero-order valence-corrected chi connectivity index (χ0v) is 15.6. The summed E-state index contributed by atoms with van der Waals surface area (Å²) in [4.78, 5) is 34.1. The Kier molecular flexibility index (Phi) is 4.99. The predicted molar refractivity (Wildman–Crippen MR) is 102 cm³/mol. The van der Waals surface area contributed by atoms with Crippen LogP contribution in [0.25, 0.3) is 10.9 Å². The molecule has 128 valence electrons. The van der Waals surface area contributed by atoms with Crippen LogP contribution in [-0.4, -0.2) is 26.8 Å². The molecule has 1 amide bonds. The highest BCUT2D eigenvalue weighted by Gasteiger charge is 2.20. The minimum Gasteiger partial charge on any atom is -0.329 e. The predicted octanol–water partition coefficient (Wildman–Crippen LogP) is 3.74. The molecule has 0 aliphatic rings. The average Bonchev–Trinajstić information content (AvgIpc) is 2.59. The number of amides is 1. The molecular formula is C19H18BrN3O2. The van der Waals surface area contributed by atoms with Gasteiger partial charge in [0, 0.05) is 16.1 Å². The minimum absolute atomic E-state index is 0.0387. The lowest BCUT2D eigenvalue weighted by atomic mass is 10.1. The second-order valence-corrected chi connectivity index (χ2v) is 6.98. The lowest BCUT2D eigenvalue weighted by Gasteiger charge is -2.26. The van der Waals surface area contributed by atoms with Gasteiger partial charge in [0.05, 0.1) is 17.4 Å². The summed E-state index contributed by atoms with van der Waals surface area (Å²) >= 11 is 3.39. The van der Waals surface area contributed by atoms with Crippen molar-refractivity contribution >= 4 is 32.7 Å². The van der Waals surface area contributed by atoms with E-state index in [4.69, 9.17) is 0 Å². The molecule has 0 atom stereocenters. The zero-order chi connectivity index (χ0) is 18.0. The number of halogens is 1. The van der Waals surface area contributed by atoms with Crippen LogP contribution in [0.5, 0.6) is 0 Å². The van der Waals surface area contributed by atoms with Gasteiger partial charge in [-0.3, -0.25) is 9.59 Å². The quantitative estimate of drug-likeness (QED) is 0.726. The largest absolute Gasteiger partial charge is 0.329 e. The van der Waals surface area contributed by atoms with Crippen molar-refractivity contribution in [1.82, 2.24) is 14.9 Å². The molecule has 3 aromatic rings. The second-order valence-electron chi connectivity index (χ2n) is 6.07. The Balaban J connectivity index is 1.95. The van der Waals surface area contributed by atoms with Gasteiger partial charge in [0.1, 0.15) is 5.82 Å². The number of H-pyrrole nitrogens is 1. The van der Waals surface area contributed by atoms with E-state index in [2.05, 4.69) is 25.9 Å². The first-order valence-corrected chi connectivity index (χ1v) is 8.79. The van der Waals surface area contributed by atoms with Gasteiger partial charge in [0.25, 0.3) is 11.5 Å². The van der Waals surface area contributed by atoms with E-state index in [1.54, 1.807) is 35.2 Å². The van der Waals surface area contributed by atoms with E-state index in [0.29, 0.717) is 22.3 Å². The fourth-order valence-corrected chi connectivity index (χ4v) is 3.05. The fourth-order valence-electron chi connectivity index (χ4n) is 2.65. The van der Waals surface area contributed by atoms with E-state index in [1.165, 1.54) is 0 Å². The van der Waals surface area contributed by atoms with Gasteiger partial charge in [-0.05, 0) is 44.2 Å². The summed E-state index contributed by atoms with van der Waals surface area (Å²) in [5.41, 5.74) is 1.02. The van der Waals surface area contributed by atoms with Gasteiger partial charge in [0.2, 0.25) is 0 Å². The number of para-hydroxylation sites is 1. The molecule has 0 bridgehead atoms. The monoisotopic (exact) mass is 399 g/mol. The Morgan fingerprint density at radius 2 is 1.96 bits per heavy atom. The van der Waals surface area contributed by atoms with E-state index in [9.17, 15) is 9.59 Å². The molecule has 5 nitrogen and oxygen atoms in total. The molecule has 6 heteroatoms. The molecule has 0 saturated carbocycles. The van der Waals surface area contributed by atoms with Crippen molar-refractivity contribution in [2.24, 2.45) is 0 Å². The van der Waals surface area contributed by atoms with Crippen molar-refractivity contribution in [1.29, 1.82) is 0 Å². The number of hydrogen-bond donors (Lipinski definition) is 1. The van der Waals surface area contributed by atoms with Crippen LogP contribution in [0.3, 0.4) is 0 Å². The Bertz CT molecular complexity index is 982. The molecule has 0 aliphatic heterocycles. The van der Waals surface area contributed by atoms with Crippen molar-refractivity contribution in [3.05, 3.63) is 74.7 Å². The molecule has 1 heterocycles. The van der Waals surface area contributed by atoms with Crippen molar-refractivity contribution in [2.45, 2.75) is 26.4 Å². The molecule has 2 aromatic carbocycles. The number of benzene rings is 2. The molecule has 1 aromatic heterocycles. The van der Waals surface area contributed by atoms with E-state index in [0.717, 1.165) is 4.47 Å². The van der Waals surface area contributed by atoms with E-state index < -0.39 is 0 Å². The van der Waals surface area contributed by atoms with E-state index >= 15 is 0 Å². The van der Waals surface area contributed by atoms with Crippen molar-refractivity contribution in [3.8, 4) is 0 Å². The van der Waals surface area contributed by atoms with Crippen molar-refractivity contribution in [2.75, 3.05) is 0 Å². The molecule has 0 saturated heterocycles. The van der Waals surface area contributed by atoms with Crippen LogP contribution < -0.4 is 5.56 Å². The lowest BCUT2D eigenvalue weighted by molar-refractivity contribution is 0.0685. The highest BCUT2D eigenvalue weighted by Crippen LogP contribution is 2.16. The van der Waals surface area contributed by atoms with Crippen molar-refractivity contribution in [3.63, 3.8) is 0 Å². The number of rotatable bonds is 4. The van der Waals surface area contributed by atoms with Crippen LogP contribution in [0.2, 0.25) is 0 Å². The Hall–Kier alpha value is -2.47. The maximum Gasteiger partial charge on any atom is 0.258 e. The minimum atomic E-state index is -0.195. The highest BCUT2D eigenvalue weighted by atomic mass is 79.9. The van der Waals surface area contributed by atoms with E-state index in [-0.39, 0.29) is 24.1 Å². The van der Waals surface area contributed by atoms with Crippen LogP contribution in [0, 0.1) is 0 Å². The number of nitrogens with zero attached hydrogens (tertiary/aromatic N) is 2. The third-order valence-corrected chi connectivity index (χ3v) is 4.43. The topological polar surface area (TPSA) is 66.1 Å². The van der Waals surface area contributed by atoms with Crippen LogP contribution in [0.15, 0.2) is 57.8 Å². The Morgan fingerprint density at radius 1 is 1.20 bits per heavy atom. The molecule has 0 spiro atoms. The number of aromatic amines is 1. The second kappa shape index (κ2) is 7.19. The first-order chi connectivity index (χ1) is 12.0. The first-order valence-electron chi connectivity index (χ1n) is 8.00. The molecule has 1 N–H and O–H groups in total. The number of carbonyl (C=O) groups excluding carboxylic acids is 1. The third kappa shape index (κ3) is 3.79. The smallest absolute Gasteiger partial charge is 0.258 e. The summed E-state index contributed by atoms with van der Waals surface area (Å²) in [6.07, 6.45) is 0. The average molecular weight is 400 g/mol. The summed E-state index contributed by atoms with van der Waals surface area (Å²) < 4.78 is 0.847. The van der Waals surface area contributed by atoms with Crippen molar-refractivity contribution < 1.29 is 4.79 Å². The van der Waals surface area contributed by atoms with Gasteiger partial charge < -0.3 is 9.88 Å². The fraction of sp³-hybridized carbons (Fsp3) is 0.211. The summed E-state index contributed by atoms with van der Waals surface area (Å²) in [7, 11) is 0. The summed E-state index contributed by atoms with van der Waals surface area (Å²) in [5, 5.41) is 0.542. The van der Waals surface area contributed by atoms with Crippen LogP contribution in [0.1, 0.15) is 30.0 Å². The number of hydrogen-bond acceptors (Lipinski definition) is 3. The Morgan fingerprint density at radius 3 is 2.68 bits per heavy atom. The van der Waals surface area contributed by atoms with Gasteiger partial charge in [-0.15, -0.1) is 0 Å². The van der Waals surface area contributed by atoms with Gasteiger partial charge in [-0.2, -0.15) is 0 Å². The molecule has 0 radical (unpaired) electrons. The standard InChI is InChI=1S/C19H18BrN3O2/c1-12(2)23(19(25)13-6-5-7-14(20)10-13)11-17-21-16-9-4-3-8-15(16)18(24)22-17/h3-10,12H,11H2,1-2H3,(H,21,22,24). The van der Waals surface area contributed by atoms with Crippen LogP contribution in [-0.2, 0) is 6.54 Å². The summed E-state index contributed by atoms with van der Waals surface area (Å²) in [6.45, 7) is 4.12. The Labute approximate surface area is 153 Å². The first kappa shape index (κ1) is 17.4. The normalized spacial score (nSPS) is 11.0. The maximum absolute atomic E-state index is 12.9. The molecule has 0 aliphatic carbocycles. The molecule has 0 unspecified atom stereocenters. The zero-order valence-electron chi connectivity index (χ0n) is 14.0. The van der Waals surface area contributed by atoms with Crippen LogP contribution in [0.4, 0.5) is 0 Å². The number of carbonyl (C=O) groups is 1. The molecule has 3 rings (SSSR count). The summed E-state index contributed by atoms with van der Waals surface area (Å²) in [6, 6.07) is 14.4. The highest BCUT2D eigenvalue weighted by molar-refractivity contribution is 9.10. The number of nitrogens with one attached hydrogen (secondary N) is 1. The maximum atomic E-state index is 12.9. The van der Waals surface area contributed by atoms with Gasteiger partial charge in [0.15, 0.2) is 0 Å². The number of aromatic nitrogens is 2. The van der Waals surface area contributed by atoms with Gasteiger partial charge in [-0.25, -0.2) is 4.98 Å². The molecule has 0 fully saturated rings. The third-order valence-electron chi connectivity index (χ3n) is 3.94. The van der Waals surface area contributed by atoms with Gasteiger partial charge >= 0.3 is 0 Å². The number of fused-ring (bicyclic) bond motifs is 1. The van der Waals surface area contributed by atoms with E-state index in [1.807, 2.05) is 32.0 Å². The SMILES string of the molecule is CC(C)N(Cc1nc2ccccc2c(=O)[nH]1)C(=O)c1cccc(Br)c1. The summed E-state index contributed by atoms with van der Waals surface area (Å²) in [5.74, 6) is 0.368. The van der Waals surface area contributed by atoms with Crippen LogP contribution >= 0.6 is 15.9 Å².